The predicted octanol–water partition coefficient (Wildman–Crippen LogP) is 6.40. The molecule has 1 aliphatic rings. The highest BCUT2D eigenvalue weighted by Gasteiger charge is 2.23. The second-order valence-electron chi connectivity index (χ2n) is 9.52. The average Bonchev–Trinajstić information content (AvgIpc) is 3.05. The van der Waals surface area contributed by atoms with Gasteiger partial charge in [0.05, 0.1) is 11.1 Å². The minimum absolute atomic E-state index is 0.00690. The average molecular weight is 456 g/mol. The fourth-order valence-electron chi connectivity index (χ4n) is 5.13. The second kappa shape index (κ2) is 9.05. The van der Waals surface area contributed by atoms with Gasteiger partial charge in [0.25, 0.3) is 0 Å². The van der Waals surface area contributed by atoms with Crippen molar-refractivity contribution in [3.8, 4) is 0 Å². The molecule has 0 amide bonds. The molecule has 0 spiro atoms. The van der Waals surface area contributed by atoms with Crippen LogP contribution in [0.5, 0.6) is 0 Å². The highest BCUT2D eigenvalue weighted by atomic mass is 16.5. The number of aromatic nitrogens is 1. The smallest absolute Gasteiger partial charge is 0.339 e. The van der Waals surface area contributed by atoms with Crippen molar-refractivity contribution >= 4 is 27.8 Å². The van der Waals surface area contributed by atoms with E-state index in [0.29, 0.717) is 22.6 Å². The Labute approximate surface area is 198 Å². The van der Waals surface area contributed by atoms with Crippen LogP contribution in [0, 0.1) is 6.92 Å². The summed E-state index contributed by atoms with van der Waals surface area (Å²) < 4.78 is 11.3. The Morgan fingerprint density at radius 2 is 1.85 bits per heavy atom. The highest BCUT2D eigenvalue weighted by molar-refractivity contribution is 6.05. The number of benzene rings is 2. The van der Waals surface area contributed by atoms with E-state index in [1.54, 1.807) is 0 Å². The molecule has 5 nitrogen and oxygen atoms in total. The molecule has 0 saturated heterocycles. The van der Waals surface area contributed by atoms with Crippen LogP contribution < -0.4 is 5.63 Å². The van der Waals surface area contributed by atoms with E-state index in [1.807, 2.05) is 37.3 Å². The van der Waals surface area contributed by atoms with Crippen LogP contribution in [0.2, 0.25) is 0 Å². The fourth-order valence-corrected chi connectivity index (χ4v) is 5.13. The number of fused-ring (bicyclic) bond motifs is 3. The van der Waals surface area contributed by atoms with Gasteiger partial charge in [-0.1, -0.05) is 38.5 Å². The van der Waals surface area contributed by atoms with Gasteiger partial charge >= 0.3 is 11.6 Å². The first-order chi connectivity index (χ1) is 16.4. The number of aryl methyl sites for hydroxylation is 2. The van der Waals surface area contributed by atoms with Crippen LogP contribution in [0.3, 0.4) is 0 Å². The lowest BCUT2D eigenvalue weighted by molar-refractivity contribution is 0.0474. The van der Waals surface area contributed by atoms with Gasteiger partial charge in [-0.05, 0) is 73.4 Å². The van der Waals surface area contributed by atoms with Gasteiger partial charge in [0.2, 0.25) is 0 Å². The van der Waals surface area contributed by atoms with Gasteiger partial charge in [-0.25, -0.2) is 9.59 Å². The number of nitrogens with zero attached hydrogens (tertiary/aromatic N) is 1. The van der Waals surface area contributed by atoms with Crippen LogP contribution in [0.15, 0.2) is 51.7 Å². The zero-order chi connectivity index (χ0) is 23.8. The second-order valence-corrected chi connectivity index (χ2v) is 9.52. The number of pyridine rings is 1. The molecule has 0 saturated carbocycles. The number of hydrogen-bond acceptors (Lipinski definition) is 5. The van der Waals surface area contributed by atoms with Crippen molar-refractivity contribution in [1.82, 2.24) is 4.98 Å². The molecule has 5 rings (SSSR count). The summed E-state index contributed by atoms with van der Waals surface area (Å²) in [6.07, 6.45) is 4.95. The summed E-state index contributed by atoms with van der Waals surface area (Å²) in [5, 5.41) is 1.63. The molecule has 2 heterocycles. The number of esters is 1. The Bertz CT molecular complexity index is 1460. The first-order valence-electron chi connectivity index (χ1n) is 12.1. The van der Waals surface area contributed by atoms with E-state index < -0.39 is 5.63 Å². The van der Waals surface area contributed by atoms with Crippen molar-refractivity contribution in [2.45, 2.75) is 65.4 Å². The van der Waals surface area contributed by atoms with Crippen LogP contribution in [0.4, 0.5) is 0 Å². The van der Waals surface area contributed by atoms with Gasteiger partial charge in [0.1, 0.15) is 12.2 Å². The zero-order valence-corrected chi connectivity index (χ0v) is 19.9. The van der Waals surface area contributed by atoms with E-state index >= 15 is 0 Å². The third-order valence-electron chi connectivity index (χ3n) is 6.82. The summed E-state index contributed by atoms with van der Waals surface area (Å²) in [6, 6.07) is 13.1. The molecule has 0 fully saturated rings. The van der Waals surface area contributed by atoms with Crippen LogP contribution in [-0.4, -0.2) is 11.0 Å². The van der Waals surface area contributed by atoms with E-state index in [2.05, 4.69) is 19.9 Å². The number of carbonyl (C=O) groups is 1. The molecule has 0 aliphatic heterocycles. The lowest BCUT2D eigenvalue weighted by atomic mass is 9.95. The monoisotopic (exact) mass is 455 g/mol. The number of hydrogen-bond donors (Lipinski definition) is 0. The third kappa shape index (κ3) is 4.11. The van der Waals surface area contributed by atoms with E-state index in [4.69, 9.17) is 14.1 Å². The predicted molar refractivity (Wildman–Crippen MR) is 133 cm³/mol. The summed E-state index contributed by atoms with van der Waals surface area (Å²) in [6.45, 7) is 6.29. The molecule has 0 atom stereocenters. The SMILES string of the molecule is Cc1cc2oc(=O)cc(COC(=O)c3c4c(nc5ccccc35)CCCCC4)c2cc1C(C)C. The number of carbonyl (C=O) groups excluding carboxylic acids is 1. The van der Waals surface area contributed by atoms with Crippen molar-refractivity contribution in [1.29, 1.82) is 0 Å². The van der Waals surface area contributed by atoms with Gasteiger partial charge in [-0.15, -0.1) is 0 Å². The number of para-hydroxylation sites is 1. The summed E-state index contributed by atoms with van der Waals surface area (Å²) in [7, 11) is 0. The Balaban J connectivity index is 1.55. The van der Waals surface area contributed by atoms with Gasteiger partial charge in [0.15, 0.2) is 0 Å². The normalized spacial score (nSPS) is 13.8. The molecule has 5 heteroatoms. The van der Waals surface area contributed by atoms with E-state index in [9.17, 15) is 9.59 Å². The molecule has 34 heavy (non-hydrogen) atoms. The summed E-state index contributed by atoms with van der Waals surface area (Å²) >= 11 is 0. The molecule has 0 bridgehead atoms. The summed E-state index contributed by atoms with van der Waals surface area (Å²) in [4.78, 5) is 30.6. The van der Waals surface area contributed by atoms with Crippen molar-refractivity contribution in [2.75, 3.05) is 0 Å². The minimum atomic E-state index is -0.446. The Hall–Kier alpha value is -3.47. The molecule has 174 valence electrons. The van der Waals surface area contributed by atoms with E-state index in [-0.39, 0.29) is 12.6 Å². The topological polar surface area (TPSA) is 69.4 Å². The molecule has 0 N–H and O–H groups in total. The molecule has 0 radical (unpaired) electrons. The zero-order valence-electron chi connectivity index (χ0n) is 19.9. The van der Waals surface area contributed by atoms with E-state index in [0.717, 1.165) is 65.2 Å². The van der Waals surface area contributed by atoms with Crippen LogP contribution >= 0.6 is 0 Å². The first-order valence-corrected chi connectivity index (χ1v) is 12.1. The quantitative estimate of drug-likeness (QED) is 0.202. The van der Waals surface area contributed by atoms with Crippen LogP contribution in [0.25, 0.3) is 21.9 Å². The van der Waals surface area contributed by atoms with Crippen molar-refractivity contribution in [3.05, 3.63) is 86.4 Å². The Morgan fingerprint density at radius 3 is 2.68 bits per heavy atom. The Kier molecular flexibility index (Phi) is 5.94. The summed E-state index contributed by atoms with van der Waals surface area (Å²) in [5.41, 5.74) is 6.44. The molecule has 0 unspecified atom stereocenters. The third-order valence-corrected chi connectivity index (χ3v) is 6.82. The Morgan fingerprint density at radius 1 is 1.06 bits per heavy atom. The van der Waals surface area contributed by atoms with Crippen LogP contribution in [0.1, 0.15) is 77.3 Å². The molecule has 4 aromatic rings. The molecule has 2 aromatic heterocycles. The number of ether oxygens (including phenoxy) is 1. The number of rotatable bonds is 4. The lowest BCUT2D eigenvalue weighted by Crippen LogP contribution is -2.13. The van der Waals surface area contributed by atoms with E-state index in [1.165, 1.54) is 11.6 Å². The van der Waals surface area contributed by atoms with Crippen molar-refractivity contribution < 1.29 is 13.9 Å². The standard InChI is InChI=1S/C29H29NO4/c1-17(2)22-15-23-19(14-27(31)34-26(23)13-18(22)3)16-33-29(32)28-20-9-5-4-6-11-24(20)30-25-12-8-7-10-21(25)28/h7-8,10,12-15,17H,4-6,9,11,16H2,1-3H3. The molecular weight excluding hydrogens is 426 g/mol. The van der Waals surface area contributed by atoms with Gasteiger partial charge in [-0.3, -0.25) is 4.98 Å². The van der Waals surface area contributed by atoms with Gasteiger partial charge in [-0.2, -0.15) is 0 Å². The maximum atomic E-state index is 13.5. The van der Waals surface area contributed by atoms with Gasteiger partial charge < -0.3 is 9.15 Å². The maximum Gasteiger partial charge on any atom is 0.339 e. The van der Waals surface area contributed by atoms with Crippen molar-refractivity contribution in [3.63, 3.8) is 0 Å². The van der Waals surface area contributed by atoms with Gasteiger partial charge in [0, 0.05) is 28.1 Å². The molecule has 1 aliphatic carbocycles. The molecule has 2 aromatic carbocycles. The van der Waals surface area contributed by atoms with Crippen LogP contribution in [-0.2, 0) is 24.2 Å². The highest BCUT2D eigenvalue weighted by Crippen LogP contribution is 2.31. The largest absolute Gasteiger partial charge is 0.457 e. The fraction of sp³-hybridized carbons (Fsp3) is 0.345. The minimum Gasteiger partial charge on any atom is -0.457 e. The maximum absolute atomic E-state index is 13.5. The first kappa shape index (κ1) is 22.3. The van der Waals surface area contributed by atoms with Crippen molar-refractivity contribution in [2.24, 2.45) is 0 Å². The lowest BCUT2D eigenvalue weighted by Gasteiger charge is -2.16. The summed E-state index contributed by atoms with van der Waals surface area (Å²) in [5.74, 6) is -0.0419. The molecular formula is C29H29NO4.